The number of aromatic nitrogens is 1. The van der Waals surface area contributed by atoms with Crippen LogP contribution in [-0.4, -0.2) is 4.98 Å². The Hall–Kier alpha value is -1.57. The van der Waals surface area contributed by atoms with Crippen molar-refractivity contribution in [2.75, 3.05) is 5.73 Å². The Labute approximate surface area is 78.4 Å². The summed E-state index contributed by atoms with van der Waals surface area (Å²) in [5, 5.41) is 2.27. The summed E-state index contributed by atoms with van der Waals surface area (Å²) in [4.78, 5) is 3.99. The Morgan fingerprint density at radius 2 is 1.69 bits per heavy atom. The quantitative estimate of drug-likeness (QED) is 0.667. The molecule has 0 fully saturated rings. The first-order valence-electron chi connectivity index (χ1n) is 4.46. The molecule has 1 heterocycles. The molecule has 2 N–H and O–H groups in total. The fraction of sp³-hybridized carbons (Fsp3) is 0.182. The van der Waals surface area contributed by atoms with Crippen LogP contribution in [0.15, 0.2) is 36.5 Å². The van der Waals surface area contributed by atoms with Crippen LogP contribution in [0.1, 0.15) is 13.8 Å². The number of rotatable bonds is 0. The number of hydrogen-bond donors (Lipinski definition) is 1. The van der Waals surface area contributed by atoms with Crippen LogP contribution in [0.4, 0.5) is 5.82 Å². The van der Waals surface area contributed by atoms with E-state index in [1.165, 1.54) is 0 Å². The van der Waals surface area contributed by atoms with Crippen molar-refractivity contribution in [2.24, 2.45) is 0 Å². The minimum absolute atomic E-state index is 0.573. The van der Waals surface area contributed by atoms with Gasteiger partial charge in [-0.25, -0.2) is 4.98 Å². The Kier molecular flexibility index (Phi) is 3.26. The second-order valence-electron chi connectivity index (χ2n) is 2.46. The molecule has 0 amide bonds. The molecule has 1 aromatic heterocycles. The zero-order valence-corrected chi connectivity index (χ0v) is 7.99. The summed E-state index contributed by atoms with van der Waals surface area (Å²) in [5.41, 5.74) is 5.51. The van der Waals surface area contributed by atoms with Crippen molar-refractivity contribution >= 4 is 16.6 Å². The lowest BCUT2D eigenvalue weighted by atomic mass is 10.2. The highest BCUT2D eigenvalue weighted by molar-refractivity contribution is 5.83. The number of anilines is 1. The zero-order valence-electron chi connectivity index (χ0n) is 7.99. The van der Waals surface area contributed by atoms with Gasteiger partial charge in [-0.15, -0.1) is 0 Å². The lowest BCUT2D eigenvalue weighted by Crippen LogP contribution is -1.87. The van der Waals surface area contributed by atoms with Gasteiger partial charge in [-0.1, -0.05) is 38.1 Å². The number of nitrogen functional groups attached to an aromatic ring is 1. The monoisotopic (exact) mass is 174 g/mol. The van der Waals surface area contributed by atoms with Gasteiger partial charge in [0.2, 0.25) is 0 Å². The SMILES string of the molecule is CC.Nc1cc2ccccc2cn1. The normalized spacial score (nSPS) is 9.08. The van der Waals surface area contributed by atoms with Crippen molar-refractivity contribution < 1.29 is 0 Å². The number of pyridine rings is 1. The number of hydrogen-bond acceptors (Lipinski definition) is 2. The molecule has 0 aliphatic carbocycles. The van der Waals surface area contributed by atoms with Crippen molar-refractivity contribution in [1.82, 2.24) is 4.98 Å². The summed E-state index contributed by atoms with van der Waals surface area (Å²) in [6.45, 7) is 4.00. The Bertz CT molecular complexity index is 383. The molecule has 0 atom stereocenters. The molecule has 2 rings (SSSR count). The minimum Gasteiger partial charge on any atom is -0.384 e. The summed E-state index contributed by atoms with van der Waals surface area (Å²) < 4.78 is 0. The molecule has 13 heavy (non-hydrogen) atoms. The van der Waals surface area contributed by atoms with Gasteiger partial charge in [-0.3, -0.25) is 0 Å². The molecule has 0 saturated carbocycles. The van der Waals surface area contributed by atoms with Crippen molar-refractivity contribution in [3.8, 4) is 0 Å². The first-order valence-corrected chi connectivity index (χ1v) is 4.46. The van der Waals surface area contributed by atoms with E-state index in [0.29, 0.717) is 5.82 Å². The van der Waals surface area contributed by atoms with Gasteiger partial charge in [0.05, 0.1) is 0 Å². The third-order valence-electron chi connectivity index (χ3n) is 1.65. The molecule has 2 aromatic rings. The second-order valence-corrected chi connectivity index (χ2v) is 2.46. The average molecular weight is 174 g/mol. The summed E-state index contributed by atoms with van der Waals surface area (Å²) >= 11 is 0. The van der Waals surface area contributed by atoms with Crippen molar-refractivity contribution in [1.29, 1.82) is 0 Å². The topological polar surface area (TPSA) is 38.9 Å². The molecule has 2 nitrogen and oxygen atoms in total. The summed E-state index contributed by atoms with van der Waals surface area (Å²) in [6, 6.07) is 9.88. The lowest BCUT2D eigenvalue weighted by molar-refractivity contribution is 1.37. The van der Waals surface area contributed by atoms with Gasteiger partial charge in [0.1, 0.15) is 5.82 Å². The van der Waals surface area contributed by atoms with Gasteiger partial charge in [-0.2, -0.15) is 0 Å². The van der Waals surface area contributed by atoms with E-state index < -0.39 is 0 Å². The van der Waals surface area contributed by atoms with Crippen molar-refractivity contribution in [3.63, 3.8) is 0 Å². The largest absolute Gasteiger partial charge is 0.384 e. The van der Waals surface area contributed by atoms with Crippen LogP contribution in [0.3, 0.4) is 0 Å². The maximum Gasteiger partial charge on any atom is 0.123 e. The number of fused-ring (bicyclic) bond motifs is 1. The van der Waals surface area contributed by atoms with E-state index in [4.69, 9.17) is 5.73 Å². The number of benzene rings is 1. The van der Waals surface area contributed by atoms with E-state index in [1.807, 2.05) is 44.2 Å². The van der Waals surface area contributed by atoms with Crippen LogP contribution in [0, 0.1) is 0 Å². The van der Waals surface area contributed by atoms with Crippen LogP contribution in [0.5, 0.6) is 0 Å². The smallest absolute Gasteiger partial charge is 0.123 e. The highest BCUT2D eigenvalue weighted by Gasteiger charge is 1.91. The lowest BCUT2D eigenvalue weighted by Gasteiger charge is -1.96. The van der Waals surface area contributed by atoms with Crippen LogP contribution < -0.4 is 5.73 Å². The van der Waals surface area contributed by atoms with E-state index in [-0.39, 0.29) is 0 Å². The van der Waals surface area contributed by atoms with E-state index in [2.05, 4.69) is 4.98 Å². The van der Waals surface area contributed by atoms with Gasteiger partial charge < -0.3 is 5.73 Å². The molecular weight excluding hydrogens is 160 g/mol. The van der Waals surface area contributed by atoms with Crippen molar-refractivity contribution in [3.05, 3.63) is 36.5 Å². The summed E-state index contributed by atoms with van der Waals surface area (Å²) in [6.07, 6.45) is 1.78. The zero-order chi connectivity index (χ0) is 9.68. The van der Waals surface area contributed by atoms with E-state index >= 15 is 0 Å². The molecular formula is C11H14N2. The van der Waals surface area contributed by atoms with E-state index in [9.17, 15) is 0 Å². The maximum atomic E-state index is 5.51. The molecule has 68 valence electrons. The summed E-state index contributed by atoms with van der Waals surface area (Å²) in [5.74, 6) is 0.573. The maximum absolute atomic E-state index is 5.51. The first kappa shape index (κ1) is 9.52. The summed E-state index contributed by atoms with van der Waals surface area (Å²) in [7, 11) is 0. The highest BCUT2D eigenvalue weighted by atomic mass is 14.8. The fourth-order valence-corrected chi connectivity index (χ4v) is 1.10. The van der Waals surface area contributed by atoms with E-state index in [0.717, 1.165) is 10.8 Å². The molecule has 0 aliphatic heterocycles. The Balaban J connectivity index is 0.000000396. The third-order valence-corrected chi connectivity index (χ3v) is 1.65. The first-order chi connectivity index (χ1) is 6.36. The van der Waals surface area contributed by atoms with Crippen molar-refractivity contribution in [2.45, 2.75) is 13.8 Å². The molecule has 0 radical (unpaired) electrons. The molecule has 0 unspecified atom stereocenters. The second kappa shape index (κ2) is 4.45. The minimum atomic E-state index is 0.573. The standard InChI is InChI=1S/C9H8N2.C2H6/c10-9-5-7-3-1-2-4-8(7)6-11-9;1-2/h1-6H,(H2,10,11);1-2H3. The van der Waals surface area contributed by atoms with Gasteiger partial charge in [0, 0.05) is 11.6 Å². The van der Waals surface area contributed by atoms with Gasteiger partial charge >= 0.3 is 0 Å². The predicted molar refractivity (Wildman–Crippen MR) is 57.5 cm³/mol. The van der Waals surface area contributed by atoms with Crippen LogP contribution in [0.2, 0.25) is 0 Å². The number of nitrogens with two attached hydrogens (primary N) is 1. The van der Waals surface area contributed by atoms with Gasteiger partial charge in [0.15, 0.2) is 0 Å². The van der Waals surface area contributed by atoms with Crippen LogP contribution in [0.25, 0.3) is 10.8 Å². The third kappa shape index (κ3) is 2.18. The molecule has 0 bridgehead atoms. The average Bonchev–Trinajstić information content (AvgIpc) is 2.21. The fourth-order valence-electron chi connectivity index (χ4n) is 1.10. The molecule has 0 spiro atoms. The van der Waals surface area contributed by atoms with E-state index in [1.54, 1.807) is 6.20 Å². The molecule has 1 aromatic carbocycles. The van der Waals surface area contributed by atoms with Gasteiger partial charge in [0.25, 0.3) is 0 Å². The highest BCUT2D eigenvalue weighted by Crippen LogP contribution is 2.13. The molecule has 0 aliphatic rings. The van der Waals surface area contributed by atoms with Crippen LogP contribution >= 0.6 is 0 Å². The van der Waals surface area contributed by atoms with Crippen LogP contribution in [-0.2, 0) is 0 Å². The molecule has 0 saturated heterocycles. The van der Waals surface area contributed by atoms with Gasteiger partial charge in [-0.05, 0) is 11.5 Å². The predicted octanol–water partition coefficient (Wildman–Crippen LogP) is 2.84. The Morgan fingerprint density at radius 1 is 1.08 bits per heavy atom. The Morgan fingerprint density at radius 3 is 2.38 bits per heavy atom. The molecule has 2 heteroatoms. The number of nitrogens with zero attached hydrogens (tertiary/aromatic N) is 1.